The molecule has 2 N–H and O–H groups in total. The highest BCUT2D eigenvalue weighted by Gasteiger charge is 2.23. The average molecular weight is 518 g/mol. The van der Waals surface area contributed by atoms with Crippen LogP contribution in [0.4, 0.5) is 21.7 Å². The normalized spacial score (nSPS) is 16.4. The Morgan fingerprint density at radius 1 is 1.08 bits per heavy atom. The van der Waals surface area contributed by atoms with E-state index in [1.807, 2.05) is 17.0 Å². The summed E-state index contributed by atoms with van der Waals surface area (Å²) in [5.41, 5.74) is 1.59. The van der Waals surface area contributed by atoms with Crippen LogP contribution < -0.4 is 15.5 Å². The Morgan fingerprint density at radius 3 is 2.78 bits per heavy atom. The Labute approximate surface area is 213 Å². The molecule has 1 saturated heterocycles. The smallest absolute Gasteiger partial charge is 0.271 e. The molecule has 37 heavy (non-hydrogen) atoms. The fourth-order valence-electron chi connectivity index (χ4n) is 4.66. The second-order valence-electron chi connectivity index (χ2n) is 9.01. The van der Waals surface area contributed by atoms with E-state index in [0.29, 0.717) is 22.3 Å². The molecule has 188 valence electrons. The highest BCUT2D eigenvalue weighted by Crippen LogP contribution is 2.28. The molecule has 1 aliphatic rings. The van der Waals surface area contributed by atoms with Gasteiger partial charge >= 0.3 is 0 Å². The van der Waals surface area contributed by atoms with Crippen molar-refractivity contribution < 1.29 is 12.8 Å². The third-order valence-corrected chi connectivity index (χ3v) is 8.14. The summed E-state index contributed by atoms with van der Waals surface area (Å²) in [4.78, 5) is 15.1. The number of piperazine rings is 1. The van der Waals surface area contributed by atoms with Gasteiger partial charge < -0.3 is 15.5 Å². The third kappa shape index (κ3) is 4.25. The minimum Gasteiger partial charge on any atom is -0.366 e. The molecule has 0 amide bonds. The summed E-state index contributed by atoms with van der Waals surface area (Å²) in [6.45, 7) is 4.32. The number of nitrogens with zero attached hydrogens (tertiary/aromatic N) is 5. The molecule has 0 radical (unpaired) electrons. The monoisotopic (exact) mass is 517 g/mol. The first-order valence-corrected chi connectivity index (χ1v) is 13.3. The third-order valence-electron chi connectivity index (χ3n) is 6.44. The number of pyridine rings is 1. The van der Waals surface area contributed by atoms with Gasteiger partial charge in [-0.1, -0.05) is 18.2 Å². The minimum atomic E-state index is -4.00. The molecular formula is C26H24FN7O2S. The van der Waals surface area contributed by atoms with Crippen LogP contribution in [0.2, 0.25) is 0 Å². The van der Waals surface area contributed by atoms with E-state index in [1.54, 1.807) is 36.5 Å². The predicted octanol–water partition coefficient (Wildman–Crippen LogP) is 3.90. The Balaban J connectivity index is 1.33. The predicted molar refractivity (Wildman–Crippen MR) is 141 cm³/mol. The Hall–Kier alpha value is -4.09. The molecule has 1 aliphatic heterocycles. The maximum Gasteiger partial charge on any atom is 0.271 e. The first-order valence-electron chi connectivity index (χ1n) is 11.9. The lowest BCUT2D eigenvalue weighted by Crippen LogP contribution is -2.49. The summed E-state index contributed by atoms with van der Waals surface area (Å²) in [6, 6.07) is 15.4. The number of hydrogen-bond acceptors (Lipinski definition) is 8. The van der Waals surface area contributed by atoms with Crippen molar-refractivity contribution in [2.45, 2.75) is 17.9 Å². The zero-order chi connectivity index (χ0) is 25.6. The van der Waals surface area contributed by atoms with Gasteiger partial charge in [-0.15, -0.1) is 0 Å². The molecule has 0 saturated carbocycles. The molecule has 9 nitrogen and oxygen atoms in total. The van der Waals surface area contributed by atoms with Gasteiger partial charge in [0.15, 0.2) is 5.65 Å². The SMILES string of the molecule is C[C@H]1CN(c2ccc(Nc3ncc4ccn(S(=O)(=O)c5cccc6cccnc56)c4n3)cc2F)CCN1. The van der Waals surface area contributed by atoms with Gasteiger partial charge in [0, 0.05) is 60.7 Å². The van der Waals surface area contributed by atoms with Crippen molar-refractivity contribution in [2.24, 2.45) is 0 Å². The molecule has 1 atom stereocenters. The van der Waals surface area contributed by atoms with Crippen molar-refractivity contribution in [3.8, 4) is 0 Å². The summed E-state index contributed by atoms with van der Waals surface area (Å²) in [5, 5.41) is 7.62. The molecule has 0 spiro atoms. The lowest BCUT2D eigenvalue weighted by atomic mass is 10.2. The molecule has 0 unspecified atom stereocenters. The van der Waals surface area contributed by atoms with E-state index in [9.17, 15) is 12.8 Å². The van der Waals surface area contributed by atoms with Crippen LogP contribution in [0.3, 0.4) is 0 Å². The van der Waals surface area contributed by atoms with Gasteiger partial charge in [0.1, 0.15) is 10.7 Å². The first kappa shape index (κ1) is 23.3. The quantitative estimate of drug-likeness (QED) is 0.362. The molecule has 2 aromatic carbocycles. The van der Waals surface area contributed by atoms with Crippen LogP contribution in [-0.4, -0.2) is 53.0 Å². The summed E-state index contributed by atoms with van der Waals surface area (Å²) >= 11 is 0. The molecule has 1 fully saturated rings. The first-order chi connectivity index (χ1) is 17.9. The topological polar surface area (TPSA) is 105 Å². The number of benzene rings is 2. The zero-order valence-corrected chi connectivity index (χ0v) is 20.8. The Bertz CT molecular complexity index is 1730. The van der Waals surface area contributed by atoms with Crippen LogP contribution in [0.25, 0.3) is 21.9 Å². The van der Waals surface area contributed by atoms with Gasteiger partial charge in [0.2, 0.25) is 5.95 Å². The van der Waals surface area contributed by atoms with Gasteiger partial charge in [0.25, 0.3) is 10.0 Å². The number of aromatic nitrogens is 4. The number of nitrogens with one attached hydrogen (secondary N) is 2. The van der Waals surface area contributed by atoms with Crippen molar-refractivity contribution in [2.75, 3.05) is 29.9 Å². The van der Waals surface area contributed by atoms with E-state index in [0.717, 1.165) is 29.0 Å². The molecule has 0 bridgehead atoms. The van der Waals surface area contributed by atoms with Gasteiger partial charge in [-0.05, 0) is 43.3 Å². The van der Waals surface area contributed by atoms with Crippen LogP contribution in [0.15, 0.2) is 78.1 Å². The van der Waals surface area contributed by atoms with Crippen molar-refractivity contribution in [3.63, 3.8) is 0 Å². The summed E-state index contributed by atoms with van der Waals surface area (Å²) in [5.74, 6) is -0.198. The lowest BCUT2D eigenvalue weighted by Gasteiger charge is -2.33. The fraction of sp³-hybridized carbons (Fsp3) is 0.192. The molecular weight excluding hydrogens is 493 g/mol. The van der Waals surface area contributed by atoms with E-state index in [1.165, 1.54) is 24.5 Å². The van der Waals surface area contributed by atoms with Crippen LogP contribution in [0.1, 0.15) is 6.92 Å². The largest absolute Gasteiger partial charge is 0.366 e. The molecule has 6 rings (SSSR count). The number of anilines is 3. The van der Waals surface area contributed by atoms with Crippen molar-refractivity contribution >= 4 is 49.3 Å². The van der Waals surface area contributed by atoms with E-state index >= 15 is 0 Å². The zero-order valence-electron chi connectivity index (χ0n) is 20.0. The molecule has 3 aromatic heterocycles. The van der Waals surface area contributed by atoms with Crippen LogP contribution in [0.5, 0.6) is 0 Å². The second kappa shape index (κ2) is 9.09. The number of rotatable bonds is 5. The molecule has 4 heterocycles. The number of halogens is 1. The standard InChI is InChI=1S/C26H24FN7O2S/c1-17-16-33(13-11-28-17)22-8-7-20(14-21(22)27)31-26-30-15-19-9-12-34(25(19)32-26)37(35,36)23-6-2-4-18-5-3-10-29-24(18)23/h2-10,12,14-15,17,28H,11,13,16H2,1H3,(H,30,31,32)/t17-/m0/s1. The van der Waals surface area contributed by atoms with Gasteiger partial charge in [-0.25, -0.2) is 21.8 Å². The Morgan fingerprint density at radius 2 is 1.95 bits per heavy atom. The summed E-state index contributed by atoms with van der Waals surface area (Å²) in [6.07, 6.45) is 4.54. The number of para-hydroxylation sites is 1. The van der Waals surface area contributed by atoms with Crippen LogP contribution in [0, 0.1) is 5.82 Å². The van der Waals surface area contributed by atoms with E-state index in [4.69, 9.17) is 0 Å². The van der Waals surface area contributed by atoms with Gasteiger partial charge in [-0.2, -0.15) is 4.98 Å². The van der Waals surface area contributed by atoms with E-state index in [-0.39, 0.29) is 28.4 Å². The van der Waals surface area contributed by atoms with Crippen LogP contribution >= 0.6 is 0 Å². The molecule has 0 aliphatic carbocycles. The van der Waals surface area contributed by atoms with Crippen molar-refractivity contribution in [3.05, 3.63) is 79.0 Å². The Kier molecular flexibility index (Phi) is 5.73. The summed E-state index contributed by atoms with van der Waals surface area (Å²) in [7, 11) is -4.00. The molecule has 5 aromatic rings. The minimum absolute atomic E-state index is 0.0797. The highest BCUT2D eigenvalue weighted by atomic mass is 32.2. The number of hydrogen-bond donors (Lipinski definition) is 2. The average Bonchev–Trinajstić information content (AvgIpc) is 3.33. The lowest BCUT2D eigenvalue weighted by molar-refractivity contribution is 0.478. The maximum atomic E-state index is 15.0. The molecule has 11 heteroatoms. The van der Waals surface area contributed by atoms with Crippen LogP contribution in [-0.2, 0) is 10.0 Å². The van der Waals surface area contributed by atoms with Gasteiger partial charge in [0.05, 0.1) is 11.2 Å². The highest BCUT2D eigenvalue weighted by molar-refractivity contribution is 7.90. The maximum absolute atomic E-state index is 15.0. The number of fused-ring (bicyclic) bond motifs is 2. The summed E-state index contributed by atoms with van der Waals surface area (Å²) < 4.78 is 43.4. The fourth-order valence-corrected chi connectivity index (χ4v) is 6.13. The van der Waals surface area contributed by atoms with E-state index < -0.39 is 10.0 Å². The van der Waals surface area contributed by atoms with Gasteiger partial charge in [-0.3, -0.25) is 4.98 Å². The van der Waals surface area contributed by atoms with E-state index in [2.05, 4.69) is 32.5 Å². The van der Waals surface area contributed by atoms with Crippen molar-refractivity contribution in [1.29, 1.82) is 0 Å². The second-order valence-corrected chi connectivity index (χ2v) is 10.8. The van der Waals surface area contributed by atoms with Crippen molar-refractivity contribution in [1.82, 2.24) is 24.2 Å².